The fourth-order valence-corrected chi connectivity index (χ4v) is 2.09. The fourth-order valence-electron chi connectivity index (χ4n) is 1.53. The van der Waals surface area contributed by atoms with Gasteiger partial charge in [0.15, 0.2) is 5.12 Å². The van der Waals surface area contributed by atoms with E-state index in [0.29, 0.717) is 10.9 Å². The average molecular weight is 276 g/mol. The molecule has 4 heteroatoms. The van der Waals surface area contributed by atoms with Crippen LogP contribution < -0.4 is 0 Å². The Kier molecular flexibility index (Phi) is 4.24. The van der Waals surface area contributed by atoms with Gasteiger partial charge < -0.3 is 0 Å². The molecule has 2 rings (SSSR count). The van der Waals surface area contributed by atoms with Crippen LogP contribution in [0.3, 0.4) is 0 Å². The Labute approximate surface area is 115 Å². The zero-order valence-electron chi connectivity index (χ0n) is 9.74. The molecule has 2 nitrogen and oxygen atoms in total. The van der Waals surface area contributed by atoms with Gasteiger partial charge in [0, 0.05) is 23.9 Å². The zero-order chi connectivity index (χ0) is 13.0. The van der Waals surface area contributed by atoms with Gasteiger partial charge in [0.2, 0.25) is 0 Å². The number of thioether (sulfide) groups is 1. The van der Waals surface area contributed by atoms with Gasteiger partial charge in [-0.3, -0.25) is 4.79 Å². The SMILES string of the molecule is CC(=O)SCC#Cc1cnc(Cl)c2ccccc12. The van der Waals surface area contributed by atoms with Crippen LogP contribution in [0.25, 0.3) is 10.8 Å². The van der Waals surface area contributed by atoms with Gasteiger partial charge in [-0.15, -0.1) is 0 Å². The molecule has 0 atom stereocenters. The Hall–Kier alpha value is -1.50. The third-order valence-corrected chi connectivity index (χ3v) is 3.31. The Morgan fingerprint density at radius 1 is 1.39 bits per heavy atom. The molecule has 0 saturated carbocycles. The average Bonchev–Trinajstić information content (AvgIpc) is 2.37. The van der Waals surface area contributed by atoms with Crippen molar-refractivity contribution in [1.82, 2.24) is 4.98 Å². The highest BCUT2D eigenvalue weighted by Crippen LogP contribution is 2.23. The van der Waals surface area contributed by atoms with Crippen LogP contribution in [-0.4, -0.2) is 15.9 Å². The molecule has 0 N–H and O–H groups in total. The van der Waals surface area contributed by atoms with Gasteiger partial charge in [-0.2, -0.15) is 0 Å². The normalized spacial score (nSPS) is 9.89. The lowest BCUT2D eigenvalue weighted by molar-refractivity contribution is -0.109. The second-order valence-electron chi connectivity index (χ2n) is 3.59. The summed E-state index contributed by atoms with van der Waals surface area (Å²) in [6.45, 7) is 1.53. The van der Waals surface area contributed by atoms with E-state index in [9.17, 15) is 4.79 Å². The van der Waals surface area contributed by atoms with Gasteiger partial charge in [-0.25, -0.2) is 4.98 Å². The second-order valence-corrected chi connectivity index (χ2v) is 5.10. The largest absolute Gasteiger partial charge is 0.288 e. The first-order valence-corrected chi connectivity index (χ1v) is 6.70. The number of halogens is 1. The first-order chi connectivity index (χ1) is 8.68. The van der Waals surface area contributed by atoms with E-state index in [1.165, 1.54) is 18.7 Å². The Morgan fingerprint density at radius 3 is 2.83 bits per heavy atom. The summed E-state index contributed by atoms with van der Waals surface area (Å²) in [6, 6.07) is 7.73. The molecule has 0 fully saturated rings. The summed E-state index contributed by atoms with van der Waals surface area (Å²) < 4.78 is 0. The van der Waals surface area contributed by atoms with Crippen molar-refractivity contribution in [2.45, 2.75) is 6.92 Å². The monoisotopic (exact) mass is 275 g/mol. The van der Waals surface area contributed by atoms with Crippen LogP contribution in [0.1, 0.15) is 12.5 Å². The van der Waals surface area contributed by atoms with E-state index >= 15 is 0 Å². The molecule has 2 aromatic rings. The van der Waals surface area contributed by atoms with Crippen molar-refractivity contribution in [1.29, 1.82) is 0 Å². The molecule has 0 unspecified atom stereocenters. The number of aromatic nitrogens is 1. The van der Waals surface area contributed by atoms with Crippen LogP contribution >= 0.6 is 23.4 Å². The van der Waals surface area contributed by atoms with Crippen LogP contribution in [0.2, 0.25) is 5.15 Å². The lowest BCUT2D eigenvalue weighted by Crippen LogP contribution is -1.86. The van der Waals surface area contributed by atoms with Gasteiger partial charge in [0.1, 0.15) is 5.15 Å². The fraction of sp³-hybridized carbons (Fsp3) is 0.143. The van der Waals surface area contributed by atoms with Crippen molar-refractivity contribution in [2.75, 3.05) is 5.75 Å². The van der Waals surface area contributed by atoms with E-state index in [1.54, 1.807) is 6.20 Å². The Balaban J connectivity index is 2.34. The maximum atomic E-state index is 10.8. The lowest BCUT2D eigenvalue weighted by atomic mass is 10.1. The molecule has 18 heavy (non-hydrogen) atoms. The van der Waals surface area contributed by atoms with Gasteiger partial charge in [0.05, 0.1) is 11.3 Å². The molecule has 0 aliphatic carbocycles. The molecule has 0 radical (unpaired) electrons. The summed E-state index contributed by atoms with van der Waals surface area (Å²) in [5, 5.41) is 2.43. The molecule has 0 saturated heterocycles. The van der Waals surface area contributed by atoms with Crippen LogP contribution in [0.5, 0.6) is 0 Å². The van der Waals surface area contributed by atoms with Gasteiger partial charge in [-0.05, 0) is 0 Å². The molecule has 0 bridgehead atoms. The van der Waals surface area contributed by atoms with Crippen molar-refractivity contribution < 1.29 is 4.79 Å². The molecule has 1 aromatic heterocycles. The Morgan fingerprint density at radius 2 is 2.11 bits per heavy atom. The van der Waals surface area contributed by atoms with Crippen molar-refractivity contribution in [2.24, 2.45) is 0 Å². The molecule has 0 aliphatic heterocycles. The van der Waals surface area contributed by atoms with Crippen LogP contribution in [0.4, 0.5) is 0 Å². The van der Waals surface area contributed by atoms with Crippen LogP contribution in [0, 0.1) is 11.8 Å². The summed E-state index contributed by atoms with van der Waals surface area (Å²) >= 11 is 7.22. The van der Waals surface area contributed by atoms with E-state index in [2.05, 4.69) is 16.8 Å². The van der Waals surface area contributed by atoms with Crippen LogP contribution in [-0.2, 0) is 4.79 Å². The standard InChI is InChI=1S/C14H10ClNOS/c1-10(17)18-8-4-5-11-9-16-14(15)13-7-3-2-6-12(11)13/h2-3,6-7,9H,8H2,1H3. The molecule has 1 aromatic carbocycles. The first kappa shape index (κ1) is 12.9. The number of benzene rings is 1. The highest BCUT2D eigenvalue weighted by Gasteiger charge is 2.02. The van der Waals surface area contributed by atoms with E-state index in [0.717, 1.165) is 16.3 Å². The van der Waals surface area contributed by atoms with Gasteiger partial charge >= 0.3 is 0 Å². The van der Waals surface area contributed by atoms with Crippen molar-refractivity contribution >= 4 is 39.3 Å². The minimum absolute atomic E-state index is 0.0726. The number of fused-ring (bicyclic) bond motifs is 1. The number of pyridine rings is 1. The van der Waals surface area contributed by atoms with Gasteiger partial charge in [-0.1, -0.05) is 59.5 Å². The highest BCUT2D eigenvalue weighted by atomic mass is 35.5. The topological polar surface area (TPSA) is 30.0 Å². The summed E-state index contributed by atoms with van der Waals surface area (Å²) in [7, 11) is 0. The number of nitrogens with zero attached hydrogens (tertiary/aromatic N) is 1. The molecular formula is C14H10ClNOS. The number of hydrogen-bond acceptors (Lipinski definition) is 3. The molecule has 1 heterocycles. The smallest absolute Gasteiger partial charge is 0.186 e. The predicted octanol–water partition coefficient (Wildman–Crippen LogP) is 3.52. The number of rotatable bonds is 1. The first-order valence-electron chi connectivity index (χ1n) is 5.34. The molecule has 90 valence electrons. The van der Waals surface area contributed by atoms with Crippen molar-refractivity contribution in [3.8, 4) is 11.8 Å². The van der Waals surface area contributed by atoms with Crippen molar-refractivity contribution in [3.63, 3.8) is 0 Å². The summed E-state index contributed by atoms with van der Waals surface area (Å²) in [5.41, 5.74) is 0.833. The molecule has 0 spiro atoms. The quantitative estimate of drug-likeness (QED) is 0.589. The van der Waals surface area contributed by atoms with E-state index < -0.39 is 0 Å². The van der Waals surface area contributed by atoms with Gasteiger partial charge in [0.25, 0.3) is 0 Å². The van der Waals surface area contributed by atoms with E-state index in [1.807, 2.05) is 24.3 Å². The minimum Gasteiger partial charge on any atom is -0.288 e. The second kappa shape index (κ2) is 5.90. The number of carbonyl (C=O) groups is 1. The third-order valence-electron chi connectivity index (χ3n) is 2.32. The highest BCUT2D eigenvalue weighted by molar-refractivity contribution is 8.13. The lowest BCUT2D eigenvalue weighted by Gasteiger charge is -2.01. The summed E-state index contributed by atoms with van der Waals surface area (Å²) in [6.07, 6.45) is 1.66. The molecule has 0 aliphatic rings. The summed E-state index contributed by atoms with van der Waals surface area (Å²) in [5.74, 6) is 6.47. The maximum Gasteiger partial charge on any atom is 0.186 e. The number of carbonyl (C=O) groups excluding carboxylic acids is 1. The minimum atomic E-state index is 0.0726. The molecular weight excluding hydrogens is 266 g/mol. The number of hydrogen-bond donors (Lipinski definition) is 0. The van der Waals surface area contributed by atoms with Crippen LogP contribution in [0.15, 0.2) is 30.5 Å². The molecule has 0 amide bonds. The Bertz CT molecular complexity index is 658. The van der Waals surface area contributed by atoms with E-state index in [-0.39, 0.29) is 5.12 Å². The maximum absolute atomic E-state index is 10.8. The zero-order valence-corrected chi connectivity index (χ0v) is 11.3. The van der Waals surface area contributed by atoms with Crippen molar-refractivity contribution in [3.05, 3.63) is 41.2 Å². The summed E-state index contributed by atoms with van der Waals surface area (Å²) in [4.78, 5) is 14.9. The predicted molar refractivity (Wildman–Crippen MR) is 76.8 cm³/mol. The third kappa shape index (κ3) is 3.04. The van der Waals surface area contributed by atoms with E-state index in [4.69, 9.17) is 11.6 Å².